The van der Waals surface area contributed by atoms with Crippen molar-refractivity contribution in [3.8, 4) is 0 Å². The molecular weight excluding hydrogens is 204 g/mol. The van der Waals surface area contributed by atoms with Gasteiger partial charge in [-0.1, -0.05) is 11.6 Å². The molecule has 0 atom stereocenters. The number of halogens is 1. The highest BCUT2D eigenvalue weighted by Gasteiger charge is 2.21. The maximum Gasteiger partial charge on any atom is 0.271 e. The van der Waals surface area contributed by atoms with Crippen LogP contribution in [0.5, 0.6) is 0 Å². The Morgan fingerprint density at radius 2 is 2.21 bits per heavy atom. The standard InChI is InChI=1S/C9H9ClN2O2/c10-7-8(11)5(4-13)6-2-1-3-12(6)9(7)14/h4H,1-3,11H2. The number of nitrogens with two attached hydrogens (primary N) is 1. The monoisotopic (exact) mass is 212 g/mol. The third-order valence-corrected chi connectivity index (χ3v) is 2.87. The minimum absolute atomic E-state index is 0.0437. The van der Waals surface area contributed by atoms with Gasteiger partial charge in [0.25, 0.3) is 5.56 Å². The molecule has 0 bridgehead atoms. The quantitative estimate of drug-likeness (QED) is 0.702. The molecular formula is C9H9ClN2O2. The lowest BCUT2D eigenvalue weighted by molar-refractivity contribution is 0.112. The van der Waals surface area contributed by atoms with E-state index in [0.717, 1.165) is 6.42 Å². The molecule has 1 aliphatic rings. The first-order valence-corrected chi connectivity index (χ1v) is 4.70. The predicted molar refractivity (Wildman–Crippen MR) is 53.8 cm³/mol. The molecule has 1 aromatic heterocycles. The van der Waals surface area contributed by atoms with E-state index >= 15 is 0 Å². The molecule has 5 heteroatoms. The molecule has 0 saturated heterocycles. The molecule has 0 spiro atoms. The molecule has 0 aliphatic carbocycles. The van der Waals surface area contributed by atoms with Crippen molar-refractivity contribution in [3.63, 3.8) is 0 Å². The Bertz CT molecular complexity index is 465. The summed E-state index contributed by atoms with van der Waals surface area (Å²) in [4.78, 5) is 22.4. The highest BCUT2D eigenvalue weighted by molar-refractivity contribution is 6.33. The van der Waals surface area contributed by atoms with Crippen molar-refractivity contribution < 1.29 is 4.79 Å². The Morgan fingerprint density at radius 1 is 1.50 bits per heavy atom. The zero-order valence-corrected chi connectivity index (χ0v) is 8.17. The van der Waals surface area contributed by atoms with Crippen LogP contribution in [0.3, 0.4) is 0 Å². The second-order valence-corrected chi connectivity index (χ2v) is 3.64. The zero-order valence-electron chi connectivity index (χ0n) is 7.42. The Labute approximate surface area is 85.3 Å². The SMILES string of the molecule is Nc1c(C=O)c2n(c(=O)c1Cl)CCC2. The van der Waals surface area contributed by atoms with Gasteiger partial charge in [0.15, 0.2) is 6.29 Å². The molecule has 0 radical (unpaired) electrons. The van der Waals surface area contributed by atoms with Crippen molar-refractivity contribution in [2.45, 2.75) is 19.4 Å². The van der Waals surface area contributed by atoms with Gasteiger partial charge in [-0.15, -0.1) is 0 Å². The highest BCUT2D eigenvalue weighted by Crippen LogP contribution is 2.25. The summed E-state index contributed by atoms with van der Waals surface area (Å²) in [5.41, 5.74) is 6.49. The number of carbonyl (C=O) groups excluding carboxylic acids is 1. The van der Waals surface area contributed by atoms with Crippen molar-refractivity contribution in [1.29, 1.82) is 0 Å². The second kappa shape index (κ2) is 3.13. The Morgan fingerprint density at radius 3 is 2.86 bits per heavy atom. The van der Waals surface area contributed by atoms with E-state index in [1.807, 2.05) is 0 Å². The lowest BCUT2D eigenvalue weighted by Crippen LogP contribution is -2.23. The van der Waals surface area contributed by atoms with E-state index in [2.05, 4.69) is 0 Å². The van der Waals surface area contributed by atoms with E-state index in [0.29, 0.717) is 30.5 Å². The molecule has 14 heavy (non-hydrogen) atoms. The zero-order chi connectivity index (χ0) is 10.3. The molecule has 0 amide bonds. The first kappa shape index (κ1) is 9.27. The number of nitrogen functional groups attached to an aromatic ring is 1. The summed E-state index contributed by atoms with van der Waals surface area (Å²) in [6.07, 6.45) is 2.23. The van der Waals surface area contributed by atoms with E-state index in [4.69, 9.17) is 17.3 Å². The van der Waals surface area contributed by atoms with E-state index in [9.17, 15) is 9.59 Å². The van der Waals surface area contributed by atoms with E-state index in [-0.39, 0.29) is 16.3 Å². The average Bonchev–Trinajstić information content (AvgIpc) is 2.64. The first-order valence-electron chi connectivity index (χ1n) is 4.32. The summed E-state index contributed by atoms with van der Waals surface area (Å²) in [7, 11) is 0. The lowest BCUT2D eigenvalue weighted by Gasteiger charge is -2.09. The van der Waals surface area contributed by atoms with Crippen LogP contribution in [0.15, 0.2) is 4.79 Å². The van der Waals surface area contributed by atoms with Crippen LogP contribution in [0.4, 0.5) is 5.69 Å². The number of aromatic nitrogens is 1. The maximum absolute atomic E-state index is 11.6. The van der Waals surface area contributed by atoms with Gasteiger partial charge in [0, 0.05) is 12.2 Å². The molecule has 1 aliphatic heterocycles. The summed E-state index contributed by atoms with van der Waals surface area (Å²) in [6.45, 7) is 0.620. The second-order valence-electron chi connectivity index (χ2n) is 3.27. The van der Waals surface area contributed by atoms with Gasteiger partial charge in [0.2, 0.25) is 0 Å². The van der Waals surface area contributed by atoms with Crippen LogP contribution >= 0.6 is 11.6 Å². The van der Waals surface area contributed by atoms with Gasteiger partial charge in [0.1, 0.15) is 5.02 Å². The average molecular weight is 213 g/mol. The van der Waals surface area contributed by atoms with Gasteiger partial charge in [-0.05, 0) is 12.8 Å². The van der Waals surface area contributed by atoms with Gasteiger partial charge in [-0.25, -0.2) is 0 Å². The van der Waals surface area contributed by atoms with Crippen molar-refractivity contribution >= 4 is 23.6 Å². The number of hydrogen-bond donors (Lipinski definition) is 1. The van der Waals surface area contributed by atoms with Crippen LogP contribution in [-0.2, 0) is 13.0 Å². The van der Waals surface area contributed by atoms with Gasteiger partial charge in [0.05, 0.1) is 11.3 Å². The van der Waals surface area contributed by atoms with E-state index in [1.54, 1.807) is 0 Å². The smallest absolute Gasteiger partial charge is 0.271 e. The van der Waals surface area contributed by atoms with Gasteiger partial charge in [-0.2, -0.15) is 0 Å². The third-order valence-electron chi connectivity index (χ3n) is 2.51. The predicted octanol–water partition coefficient (Wildman–Crippen LogP) is 0.843. The van der Waals surface area contributed by atoms with Crippen LogP contribution in [0.1, 0.15) is 22.5 Å². The molecule has 2 heterocycles. The highest BCUT2D eigenvalue weighted by atomic mass is 35.5. The lowest BCUT2D eigenvalue weighted by atomic mass is 10.1. The first-order chi connectivity index (χ1) is 6.66. The Balaban J connectivity index is 2.87. The maximum atomic E-state index is 11.6. The molecule has 2 N–H and O–H groups in total. The van der Waals surface area contributed by atoms with Gasteiger partial charge in [-0.3, -0.25) is 9.59 Å². The molecule has 1 aromatic rings. The number of nitrogens with zero attached hydrogens (tertiary/aromatic N) is 1. The number of hydrogen-bond acceptors (Lipinski definition) is 3. The number of rotatable bonds is 1. The van der Waals surface area contributed by atoms with Crippen LogP contribution in [0.2, 0.25) is 5.02 Å². The molecule has 0 unspecified atom stereocenters. The topological polar surface area (TPSA) is 65.1 Å². The van der Waals surface area contributed by atoms with E-state index in [1.165, 1.54) is 4.57 Å². The molecule has 74 valence electrons. The number of aldehydes is 1. The van der Waals surface area contributed by atoms with Crippen molar-refractivity contribution in [3.05, 3.63) is 26.6 Å². The minimum Gasteiger partial charge on any atom is -0.397 e. The Kier molecular flexibility index (Phi) is 2.07. The van der Waals surface area contributed by atoms with Gasteiger partial charge < -0.3 is 10.3 Å². The Hall–Kier alpha value is -1.29. The fraction of sp³-hybridized carbons (Fsp3) is 0.333. The fourth-order valence-corrected chi connectivity index (χ4v) is 2.02. The molecule has 2 rings (SSSR count). The number of anilines is 1. The van der Waals surface area contributed by atoms with Crippen LogP contribution in [0.25, 0.3) is 0 Å². The summed E-state index contributed by atoms with van der Waals surface area (Å²) >= 11 is 5.73. The van der Waals surface area contributed by atoms with E-state index < -0.39 is 0 Å². The summed E-state index contributed by atoms with van der Waals surface area (Å²) in [6, 6.07) is 0. The summed E-state index contributed by atoms with van der Waals surface area (Å²) < 4.78 is 1.53. The summed E-state index contributed by atoms with van der Waals surface area (Å²) in [5.74, 6) is 0. The fourth-order valence-electron chi connectivity index (χ4n) is 1.82. The largest absolute Gasteiger partial charge is 0.397 e. The van der Waals surface area contributed by atoms with Crippen LogP contribution in [0, 0.1) is 0 Å². The molecule has 0 saturated carbocycles. The molecule has 0 aromatic carbocycles. The number of carbonyl (C=O) groups is 1. The minimum atomic E-state index is -0.290. The van der Waals surface area contributed by atoms with Crippen LogP contribution in [-0.4, -0.2) is 10.9 Å². The van der Waals surface area contributed by atoms with Crippen molar-refractivity contribution in [2.24, 2.45) is 0 Å². The number of fused-ring (bicyclic) bond motifs is 1. The van der Waals surface area contributed by atoms with Crippen molar-refractivity contribution in [2.75, 3.05) is 5.73 Å². The van der Waals surface area contributed by atoms with Crippen LogP contribution < -0.4 is 11.3 Å². The molecule has 4 nitrogen and oxygen atoms in total. The molecule has 0 fully saturated rings. The summed E-state index contributed by atoms with van der Waals surface area (Å²) in [5, 5.41) is -0.0437. The van der Waals surface area contributed by atoms with Gasteiger partial charge >= 0.3 is 0 Å². The number of pyridine rings is 1. The van der Waals surface area contributed by atoms with Crippen molar-refractivity contribution in [1.82, 2.24) is 4.57 Å². The third kappa shape index (κ3) is 1.07. The normalized spacial score (nSPS) is 14.1.